The Balaban J connectivity index is 1.63. The number of ether oxygens (including phenoxy) is 2. The van der Waals surface area contributed by atoms with Crippen molar-refractivity contribution >= 4 is 22.4 Å². The number of aryl methyl sites for hydroxylation is 2. The minimum atomic E-state index is -0.242. The molecule has 5 nitrogen and oxygen atoms in total. The van der Waals surface area contributed by atoms with Gasteiger partial charge in [0, 0.05) is 10.9 Å². The fourth-order valence-corrected chi connectivity index (χ4v) is 3.40. The number of carbonyl (C=O) groups excluding carboxylic acids is 1. The highest BCUT2D eigenvalue weighted by Crippen LogP contribution is 2.32. The molecule has 1 heterocycles. The van der Waals surface area contributed by atoms with Crippen LogP contribution < -0.4 is 14.8 Å². The molecule has 1 amide bonds. The molecule has 3 aromatic rings. The fraction of sp³-hybridized carbons (Fsp3) is 0.238. The molecule has 0 aliphatic carbocycles. The van der Waals surface area contributed by atoms with Gasteiger partial charge >= 0.3 is 0 Å². The Morgan fingerprint density at radius 2 is 1.93 bits per heavy atom. The van der Waals surface area contributed by atoms with Crippen molar-refractivity contribution in [2.24, 2.45) is 0 Å². The molecule has 0 saturated heterocycles. The summed E-state index contributed by atoms with van der Waals surface area (Å²) in [4.78, 5) is 16.7. The van der Waals surface area contributed by atoms with Gasteiger partial charge in [0.1, 0.15) is 11.5 Å². The van der Waals surface area contributed by atoms with Crippen molar-refractivity contribution in [2.45, 2.75) is 20.8 Å². The van der Waals surface area contributed by atoms with E-state index in [-0.39, 0.29) is 12.5 Å². The molecule has 0 aliphatic rings. The Hall–Kier alpha value is -2.86. The molecule has 0 atom stereocenters. The summed E-state index contributed by atoms with van der Waals surface area (Å²) < 4.78 is 11.3. The summed E-state index contributed by atoms with van der Waals surface area (Å²) in [6, 6.07) is 13.6. The number of aromatic nitrogens is 1. The standard InChI is InChI=1S/C21H22N2O3S/c1-4-25-19-8-6-5-7-16(19)17-13-27-21(22-17)23-20(24)12-26-18-10-9-14(2)11-15(18)3/h5-11,13H,4,12H2,1-3H3,(H,22,23,24). The first kappa shape index (κ1) is 18.9. The largest absolute Gasteiger partial charge is 0.493 e. The van der Waals surface area contributed by atoms with Gasteiger partial charge in [-0.15, -0.1) is 11.3 Å². The molecule has 140 valence electrons. The first-order valence-corrected chi connectivity index (χ1v) is 9.62. The van der Waals surface area contributed by atoms with E-state index in [4.69, 9.17) is 9.47 Å². The van der Waals surface area contributed by atoms with Crippen molar-refractivity contribution in [3.8, 4) is 22.8 Å². The van der Waals surface area contributed by atoms with Gasteiger partial charge < -0.3 is 9.47 Å². The van der Waals surface area contributed by atoms with E-state index in [1.54, 1.807) is 0 Å². The van der Waals surface area contributed by atoms with Crippen LogP contribution in [0.3, 0.4) is 0 Å². The van der Waals surface area contributed by atoms with Crippen molar-refractivity contribution in [1.29, 1.82) is 0 Å². The monoisotopic (exact) mass is 382 g/mol. The second-order valence-corrected chi connectivity index (χ2v) is 6.93. The Kier molecular flexibility index (Phi) is 6.08. The number of thiazole rings is 1. The van der Waals surface area contributed by atoms with Crippen LogP contribution in [0.1, 0.15) is 18.1 Å². The lowest BCUT2D eigenvalue weighted by Crippen LogP contribution is -2.20. The lowest BCUT2D eigenvalue weighted by atomic mass is 10.1. The highest BCUT2D eigenvalue weighted by atomic mass is 32.1. The van der Waals surface area contributed by atoms with E-state index in [1.165, 1.54) is 11.3 Å². The van der Waals surface area contributed by atoms with Gasteiger partial charge in [0.25, 0.3) is 5.91 Å². The number of carbonyl (C=O) groups is 1. The van der Waals surface area contributed by atoms with E-state index in [9.17, 15) is 4.79 Å². The lowest BCUT2D eigenvalue weighted by molar-refractivity contribution is -0.118. The zero-order valence-corrected chi connectivity index (χ0v) is 16.4. The third-order valence-corrected chi connectivity index (χ3v) is 4.66. The number of hydrogen-bond acceptors (Lipinski definition) is 5. The van der Waals surface area contributed by atoms with Crippen LogP contribution >= 0.6 is 11.3 Å². The van der Waals surface area contributed by atoms with Gasteiger partial charge in [0.15, 0.2) is 11.7 Å². The van der Waals surface area contributed by atoms with Crippen LogP contribution in [0.15, 0.2) is 47.8 Å². The molecular weight excluding hydrogens is 360 g/mol. The van der Waals surface area contributed by atoms with Crippen molar-refractivity contribution in [3.05, 3.63) is 59.0 Å². The summed E-state index contributed by atoms with van der Waals surface area (Å²) in [7, 11) is 0. The number of anilines is 1. The molecule has 0 fully saturated rings. The van der Waals surface area contributed by atoms with E-state index >= 15 is 0 Å². The summed E-state index contributed by atoms with van der Waals surface area (Å²) >= 11 is 1.37. The van der Waals surface area contributed by atoms with Crippen molar-refractivity contribution in [2.75, 3.05) is 18.5 Å². The molecule has 0 spiro atoms. The molecule has 0 saturated carbocycles. The van der Waals surface area contributed by atoms with E-state index in [1.807, 2.05) is 68.6 Å². The minimum absolute atomic E-state index is 0.0612. The van der Waals surface area contributed by atoms with Gasteiger partial charge in [-0.3, -0.25) is 10.1 Å². The number of nitrogens with zero attached hydrogens (tertiary/aromatic N) is 1. The highest BCUT2D eigenvalue weighted by Gasteiger charge is 2.12. The normalized spacial score (nSPS) is 10.5. The van der Waals surface area contributed by atoms with Crippen LogP contribution in [0.5, 0.6) is 11.5 Å². The summed E-state index contributed by atoms with van der Waals surface area (Å²) in [5, 5.41) is 5.22. The molecule has 0 unspecified atom stereocenters. The Morgan fingerprint density at radius 3 is 2.70 bits per heavy atom. The Bertz CT molecular complexity index is 937. The number of nitrogens with one attached hydrogen (secondary N) is 1. The number of benzene rings is 2. The molecule has 3 rings (SSSR count). The molecule has 0 radical (unpaired) electrons. The van der Waals surface area contributed by atoms with Gasteiger partial charge in [-0.25, -0.2) is 4.98 Å². The summed E-state index contributed by atoms with van der Waals surface area (Å²) in [6.07, 6.45) is 0. The van der Waals surface area contributed by atoms with Crippen LogP contribution in [0.4, 0.5) is 5.13 Å². The zero-order valence-electron chi connectivity index (χ0n) is 15.6. The lowest BCUT2D eigenvalue weighted by Gasteiger charge is -2.09. The number of rotatable bonds is 7. The van der Waals surface area contributed by atoms with Crippen LogP contribution in [0.2, 0.25) is 0 Å². The summed E-state index contributed by atoms with van der Waals surface area (Å²) in [5.41, 5.74) is 3.84. The molecule has 2 aromatic carbocycles. The number of amides is 1. The van der Waals surface area contributed by atoms with E-state index in [0.29, 0.717) is 17.5 Å². The molecule has 1 aromatic heterocycles. The molecule has 0 bridgehead atoms. The minimum Gasteiger partial charge on any atom is -0.493 e. The molecule has 0 aliphatic heterocycles. The van der Waals surface area contributed by atoms with E-state index < -0.39 is 0 Å². The van der Waals surface area contributed by atoms with Crippen molar-refractivity contribution in [1.82, 2.24) is 4.98 Å². The summed E-state index contributed by atoms with van der Waals surface area (Å²) in [5.74, 6) is 1.25. The number of para-hydroxylation sites is 1. The Labute approximate surface area is 163 Å². The Morgan fingerprint density at radius 1 is 1.11 bits per heavy atom. The topological polar surface area (TPSA) is 60.5 Å². The molecule has 1 N–H and O–H groups in total. The van der Waals surface area contributed by atoms with Gasteiger partial charge in [0.05, 0.1) is 12.3 Å². The van der Waals surface area contributed by atoms with Gasteiger partial charge in [0.2, 0.25) is 0 Å². The highest BCUT2D eigenvalue weighted by molar-refractivity contribution is 7.14. The second kappa shape index (κ2) is 8.68. The zero-order chi connectivity index (χ0) is 19.2. The predicted octanol–water partition coefficient (Wildman–Crippen LogP) is 4.84. The quantitative estimate of drug-likeness (QED) is 0.635. The van der Waals surface area contributed by atoms with E-state index in [2.05, 4.69) is 10.3 Å². The summed E-state index contributed by atoms with van der Waals surface area (Å²) in [6.45, 7) is 6.45. The van der Waals surface area contributed by atoms with Gasteiger partial charge in [-0.05, 0) is 44.5 Å². The molecule has 6 heteroatoms. The maximum Gasteiger partial charge on any atom is 0.264 e. The maximum atomic E-state index is 12.2. The smallest absolute Gasteiger partial charge is 0.264 e. The van der Waals surface area contributed by atoms with Crippen molar-refractivity contribution < 1.29 is 14.3 Å². The SMILES string of the molecule is CCOc1ccccc1-c1csc(NC(=O)COc2ccc(C)cc2C)n1. The first-order chi connectivity index (χ1) is 13.1. The van der Waals surface area contributed by atoms with Crippen LogP contribution in [-0.4, -0.2) is 24.1 Å². The second-order valence-electron chi connectivity index (χ2n) is 6.07. The third kappa shape index (κ3) is 4.86. The van der Waals surface area contributed by atoms with Crippen LogP contribution in [0.25, 0.3) is 11.3 Å². The van der Waals surface area contributed by atoms with Crippen molar-refractivity contribution in [3.63, 3.8) is 0 Å². The average Bonchev–Trinajstić information content (AvgIpc) is 3.10. The maximum absolute atomic E-state index is 12.2. The first-order valence-electron chi connectivity index (χ1n) is 8.74. The van der Waals surface area contributed by atoms with Crippen LogP contribution in [-0.2, 0) is 4.79 Å². The van der Waals surface area contributed by atoms with Crippen LogP contribution in [0, 0.1) is 13.8 Å². The number of hydrogen-bond donors (Lipinski definition) is 1. The van der Waals surface area contributed by atoms with E-state index in [0.717, 1.165) is 28.1 Å². The van der Waals surface area contributed by atoms with Gasteiger partial charge in [-0.2, -0.15) is 0 Å². The average molecular weight is 382 g/mol. The molecule has 27 heavy (non-hydrogen) atoms. The fourth-order valence-electron chi connectivity index (χ4n) is 2.67. The predicted molar refractivity (Wildman–Crippen MR) is 109 cm³/mol. The third-order valence-electron chi connectivity index (χ3n) is 3.90. The van der Waals surface area contributed by atoms with Gasteiger partial charge in [-0.1, -0.05) is 29.8 Å². The molecular formula is C21H22N2O3S.